The largest absolute Gasteiger partial charge is 0.359 e. The Balaban J connectivity index is 2.08. The van der Waals surface area contributed by atoms with E-state index in [0.29, 0.717) is 0 Å². The van der Waals surface area contributed by atoms with Crippen LogP contribution in [0.15, 0.2) is 47.2 Å². The van der Waals surface area contributed by atoms with Gasteiger partial charge in [0.1, 0.15) is 0 Å². The first kappa shape index (κ1) is 9.21. The van der Waals surface area contributed by atoms with Gasteiger partial charge in [0.15, 0.2) is 5.76 Å². The minimum atomic E-state index is 0.729. The van der Waals surface area contributed by atoms with Crippen molar-refractivity contribution in [2.24, 2.45) is 0 Å². The quantitative estimate of drug-likeness (QED) is 0.653. The molecule has 0 fully saturated rings. The SMILES string of the molecule is Cc1cccc2c1ccn2Cc1ccno1. The zero-order valence-corrected chi connectivity index (χ0v) is 9.05. The van der Waals surface area contributed by atoms with Crippen molar-refractivity contribution in [3.63, 3.8) is 0 Å². The van der Waals surface area contributed by atoms with E-state index in [1.807, 2.05) is 6.07 Å². The van der Waals surface area contributed by atoms with Crippen LogP contribution in [0.2, 0.25) is 0 Å². The topological polar surface area (TPSA) is 31.0 Å². The van der Waals surface area contributed by atoms with Crippen molar-refractivity contribution >= 4 is 10.9 Å². The van der Waals surface area contributed by atoms with E-state index in [1.165, 1.54) is 16.5 Å². The Hall–Kier alpha value is -2.03. The first-order chi connectivity index (χ1) is 7.84. The van der Waals surface area contributed by atoms with Gasteiger partial charge in [-0.3, -0.25) is 0 Å². The molecule has 0 saturated carbocycles. The molecule has 2 heterocycles. The molecular formula is C13H12N2O. The molecule has 3 aromatic rings. The van der Waals surface area contributed by atoms with Crippen LogP contribution in [0.3, 0.4) is 0 Å². The Labute approximate surface area is 93.3 Å². The van der Waals surface area contributed by atoms with E-state index in [4.69, 9.17) is 4.52 Å². The number of aromatic nitrogens is 2. The first-order valence-electron chi connectivity index (χ1n) is 5.28. The monoisotopic (exact) mass is 212 g/mol. The molecule has 0 aliphatic heterocycles. The summed E-state index contributed by atoms with van der Waals surface area (Å²) in [5.41, 5.74) is 2.53. The van der Waals surface area contributed by atoms with Crippen LogP contribution in [0, 0.1) is 6.92 Å². The van der Waals surface area contributed by atoms with E-state index in [2.05, 4.69) is 47.1 Å². The smallest absolute Gasteiger partial charge is 0.156 e. The fourth-order valence-electron chi connectivity index (χ4n) is 2.01. The second-order valence-corrected chi connectivity index (χ2v) is 3.93. The highest BCUT2D eigenvalue weighted by Gasteiger charge is 2.04. The zero-order valence-electron chi connectivity index (χ0n) is 9.05. The van der Waals surface area contributed by atoms with Gasteiger partial charge in [0.05, 0.1) is 12.7 Å². The Morgan fingerprint density at radius 1 is 1.25 bits per heavy atom. The lowest BCUT2D eigenvalue weighted by molar-refractivity contribution is 0.378. The molecular weight excluding hydrogens is 200 g/mol. The van der Waals surface area contributed by atoms with Gasteiger partial charge < -0.3 is 9.09 Å². The molecule has 0 amide bonds. The molecule has 0 saturated heterocycles. The van der Waals surface area contributed by atoms with Gasteiger partial charge in [0.25, 0.3) is 0 Å². The van der Waals surface area contributed by atoms with Crippen molar-refractivity contribution in [3.05, 3.63) is 54.0 Å². The summed E-state index contributed by atoms with van der Waals surface area (Å²) in [6, 6.07) is 10.4. The number of rotatable bonds is 2. The third-order valence-corrected chi connectivity index (χ3v) is 2.85. The third-order valence-electron chi connectivity index (χ3n) is 2.85. The Kier molecular flexibility index (Phi) is 2.03. The van der Waals surface area contributed by atoms with E-state index in [-0.39, 0.29) is 0 Å². The molecule has 2 aromatic heterocycles. The maximum Gasteiger partial charge on any atom is 0.156 e. The van der Waals surface area contributed by atoms with E-state index in [0.717, 1.165) is 12.3 Å². The molecule has 3 heteroatoms. The van der Waals surface area contributed by atoms with Crippen LogP contribution < -0.4 is 0 Å². The molecule has 0 spiro atoms. The van der Waals surface area contributed by atoms with Gasteiger partial charge in [0, 0.05) is 23.2 Å². The molecule has 80 valence electrons. The zero-order chi connectivity index (χ0) is 11.0. The molecule has 0 N–H and O–H groups in total. The number of hydrogen-bond acceptors (Lipinski definition) is 2. The van der Waals surface area contributed by atoms with Crippen molar-refractivity contribution in [2.75, 3.05) is 0 Å². The first-order valence-corrected chi connectivity index (χ1v) is 5.28. The summed E-state index contributed by atoms with van der Waals surface area (Å²) in [6.07, 6.45) is 3.76. The average Bonchev–Trinajstić information content (AvgIpc) is 2.90. The number of nitrogens with zero attached hydrogens (tertiary/aromatic N) is 2. The van der Waals surface area contributed by atoms with Gasteiger partial charge in [-0.15, -0.1) is 0 Å². The lowest BCUT2D eigenvalue weighted by Gasteiger charge is -2.02. The summed E-state index contributed by atoms with van der Waals surface area (Å²) in [5.74, 6) is 0.874. The lowest BCUT2D eigenvalue weighted by atomic mass is 10.1. The fourth-order valence-corrected chi connectivity index (χ4v) is 2.01. The van der Waals surface area contributed by atoms with E-state index >= 15 is 0 Å². The minimum absolute atomic E-state index is 0.729. The van der Waals surface area contributed by atoms with Crippen molar-refractivity contribution < 1.29 is 4.52 Å². The van der Waals surface area contributed by atoms with Crippen LogP contribution in [0.25, 0.3) is 10.9 Å². The second-order valence-electron chi connectivity index (χ2n) is 3.93. The summed E-state index contributed by atoms with van der Waals surface area (Å²) in [7, 11) is 0. The summed E-state index contributed by atoms with van der Waals surface area (Å²) >= 11 is 0. The molecule has 0 aliphatic rings. The van der Waals surface area contributed by atoms with Crippen LogP contribution >= 0.6 is 0 Å². The van der Waals surface area contributed by atoms with Crippen LogP contribution in [0.4, 0.5) is 0 Å². The van der Waals surface area contributed by atoms with Gasteiger partial charge in [-0.1, -0.05) is 17.3 Å². The molecule has 0 aliphatic carbocycles. The van der Waals surface area contributed by atoms with Gasteiger partial charge in [-0.05, 0) is 24.6 Å². The number of benzene rings is 1. The highest BCUT2D eigenvalue weighted by Crippen LogP contribution is 2.20. The van der Waals surface area contributed by atoms with Gasteiger partial charge in [-0.2, -0.15) is 0 Å². The molecule has 1 aromatic carbocycles. The molecule has 0 radical (unpaired) electrons. The molecule has 0 unspecified atom stereocenters. The summed E-state index contributed by atoms with van der Waals surface area (Å²) in [5, 5.41) is 5.01. The van der Waals surface area contributed by atoms with Crippen LogP contribution in [-0.2, 0) is 6.54 Å². The van der Waals surface area contributed by atoms with E-state index < -0.39 is 0 Å². The van der Waals surface area contributed by atoms with Crippen LogP contribution in [-0.4, -0.2) is 9.72 Å². The number of hydrogen-bond donors (Lipinski definition) is 0. The van der Waals surface area contributed by atoms with Gasteiger partial charge >= 0.3 is 0 Å². The predicted molar refractivity (Wildman–Crippen MR) is 62.3 cm³/mol. The van der Waals surface area contributed by atoms with E-state index in [1.54, 1.807) is 6.20 Å². The van der Waals surface area contributed by atoms with Crippen molar-refractivity contribution in [2.45, 2.75) is 13.5 Å². The van der Waals surface area contributed by atoms with Crippen molar-refractivity contribution in [3.8, 4) is 0 Å². The molecule has 0 atom stereocenters. The Bertz CT molecular complexity index is 608. The minimum Gasteiger partial charge on any atom is -0.359 e. The predicted octanol–water partition coefficient (Wildman–Crippen LogP) is 2.99. The summed E-state index contributed by atoms with van der Waals surface area (Å²) in [6.45, 7) is 2.86. The maximum atomic E-state index is 5.12. The molecule has 16 heavy (non-hydrogen) atoms. The fraction of sp³-hybridized carbons (Fsp3) is 0.154. The van der Waals surface area contributed by atoms with E-state index in [9.17, 15) is 0 Å². The second kappa shape index (κ2) is 3.52. The summed E-state index contributed by atoms with van der Waals surface area (Å²) in [4.78, 5) is 0. The maximum absolute atomic E-state index is 5.12. The normalized spacial score (nSPS) is 11.1. The van der Waals surface area contributed by atoms with Crippen LogP contribution in [0.1, 0.15) is 11.3 Å². The van der Waals surface area contributed by atoms with Crippen molar-refractivity contribution in [1.29, 1.82) is 0 Å². The van der Waals surface area contributed by atoms with Crippen LogP contribution in [0.5, 0.6) is 0 Å². The molecule has 0 bridgehead atoms. The standard InChI is InChI=1S/C13H12N2O/c1-10-3-2-4-13-12(10)6-8-15(13)9-11-5-7-14-16-11/h2-8H,9H2,1H3. The number of fused-ring (bicyclic) bond motifs is 1. The van der Waals surface area contributed by atoms with Crippen molar-refractivity contribution in [1.82, 2.24) is 9.72 Å². The lowest BCUT2D eigenvalue weighted by Crippen LogP contribution is -1.96. The highest BCUT2D eigenvalue weighted by atomic mass is 16.5. The highest BCUT2D eigenvalue weighted by molar-refractivity contribution is 5.83. The molecule has 3 nitrogen and oxygen atoms in total. The Morgan fingerprint density at radius 3 is 3.00 bits per heavy atom. The van der Waals surface area contributed by atoms with Gasteiger partial charge in [0.2, 0.25) is 0 Å². The molecule has 3 rings (SSSR count). The van der Waals surface area contributed by atoms with Gasteiger partial charge in [-0.25, -0.2) is 0 Å². The third kappa shape index (κ3) is 1.41. The Morgan fingerprint density at radius 2 is 2.19 bits per heavy atom. The summed E-state index contributed by atoms with van der Waals surface area (Å²) < 4.78 is 7.28. The number of aryl methyl sites for hydroxylation is 1. The average molecular weight is 212 g/mol.